The summed E-state index contributed by atoms with van der Waals surface area (Å²) in [7, 11) is 0. The first-order valence-corrected chi connectivity index (χ1v) is 7.88. The molecule has 1 aromatic rings. The molecule has 0 bridgehead atoms. The van der Waals surface area contributed by atoms with Crippen LogP contribution in [0.15, 0.2) is 30.3 Å². The number of piperidine rings is 1. The van der Waals surface area contributed by atoms with Gasteiger partial charge >= 0.3 is 0 Å². The number of carbonyl (C=O) groups excluding carboxylic acids is 1. The van der Waals surface area contributed by atoms with Crippen molar-refractivity contribution in [2.24, 2.45) is 11.8 Å². The molecule has 1 aromatic carbocycles. The molecular weight excluding hydrogens is 248 g/mol. The van der Waals surface area contributed by atoms with Gasteiger partial charge in [-0.05, 0) is 56.2 Å². The van der Waals surface area contributed by atoms with Gasteiger partial charge in [0.2, 0.25) is 5.91 Å². The average Bonchev–Trinajstić information content (AvgIpc) is 3.31. The van der Waals surface area contributed by atoms with Gasteiger partial charge in [-0.15, -0.1) is 0 Å². The summed E-state index contributed by atoms with van der Waals surface area (Å²) in [5, 5.41) is 6.66. The van der Waals surface area contributed by atoms with Crippen molar-refractivity contribution in [2.75, 3.05) is 13.1 Å². The second kappa shape index (κ2) is 6.40. The monoisotopic (exact) mass is 272 g/mol. The van der Waals surface area contributed by atoms with Crippen LogP contribution in [0.3, 0.4) is 0 Å². The molecule has 1 aliphatic carbocycles. The summed E-state index contributed by atoms with van der Waals surface area (Å²) < 4.78 is 0. The van der Waals surface area contributed by atoms with Crippen LogP contribution >= 0.6 is 0 Å². The van der Waals surface area contributed by atoms with Crippen LogP contribution in [0.1, 0.15) is 43.7 Å². The van der Waals surface area contributed by atoms with Gasteiger partial charge in [0.05, 0.1) is 6.04 Å². The van der Waals surface area contributed by atoms with Crippen LogP contribution in [-0.2, 0) is 4.79 Å². The highest BCUT2D eigenvalue weighted by molar-refractivity contribution is 5.76. The van der Waals surface area contributed by atoms with Gasteiger partial charge in [-0.25, -0.2) is 0 Å². The summed E-state index contributed by atoms with van der Waals surface area (Å²) in [6, 6.07) is 10.6. The Labute approximate surface area is 121 Å². The number of amides is 1. The summed E-state index contributed by atoms with van der Waals surface area (Å²) in [5.41, 5.74) is 1.25. The first-order chi connectivity index (χ1) is 9.83. The van der Waals surface area contributed by atoms with Crippen molar-refractivity contribution in [1.29, 1.82) is 0 Å². The number of hydrogen-bond donors (Lipinski definition) is 2. The van der Waals surface area contributed by atoms with Crippen molar-refractivity contribution in [3.63, 3.8) is 0 Å². The van der Waals surface area contributed by atoms with Gasteiger partial charge in [0, 0.05) is 6.42 Å². The number of benzene rings is 1. The fourth-order valence-electron chi connectivity index (χ4n) is 3.16. The molecule has 2 fully saturated rings. The number of nitrogens with one attached hydrogen (secondary N) is 2. The summed E-state index contributed by atoms with van der Waals surface area (Å²) in [5.74, 6) is 1.38. The van der Waals surface area contributed by atoms with E-state index in [-0.39, 0.29) is 11.9 Å². The zero-order valence-corrected chi connectivity index (χ0v) is 12.0. The molecular formula is C17H24N2O. The Morgan fingerprint density at radius 1 is 1.25 bits per heavy atom. The van der Waals surface area contributed by atoms with Crippen molar-refractivity contribution < 1.29 is 4.79 Å². The topological polar surface area (TPSA) is 41.1 Å². The molecule has 2 atom stereocenters. The fourth-order valence-corrected chi connectivity index (χ4v) is 3.16. The molecule has 1 aliphatic heterocycles. The maximum atomic E-state index is 12.3. The van der Waals surface area contributed by atoms with Crippen LogP contribution in [0.25, 0.3) is 0 Å². The maximum absolute atomic E-state index is 12.3. The summed E-state index contributed by atoms with van der Waals surface area (Å²) in [6.45, 7) is 2.10. The highest BCUT2D eigenvalue weighted by Gasteiger charge is 2.33. The van der Waals surface area contributed by atoms with Crippen molar-refractivity contribution >= 4 is 5.91 Å². The van der Waals surface area contributed by atoms with Crippen LogP contribution in [0.4, 0.5) is 0 Å². The third kappa shape index (κ3) is 3.60. The third-order valence-corrected chi connectivity index (χ3v) is 4.44. The second-order valence-corrected chi connectivity index (χ2v) is 6.21. The van der Waals surface area contributed by atoms with E-state index in [1.807, 2.05) is 6.07 Å². The Hall–Kier alpha value is -1.35. The lowest BCUT2D eigenvalue weighted by atomic mass is 9.95. The average molecular weight is 272 g/mol. The highest BCUT2D eigenvalue weighted by atomic mass is 16.1. The molecule has 3 rings (SSSR count). The van der Waals surface area contributed by atoms with E-state index in [1.54, 1.807) is 0 Å². The van der Waals surface area contributed by atoms with E-state index in [1.165, 1.54) is 31.2 Å². The van der Waals surface area contributed by atoms with Crippen LogP contribution in [0.2, 0.25) is 0 Å². The molecule has 0 spiro atoms. The molecule has 0 radical (unpaired) electrons. The standard InChI is InChI=1S/C17H24N2O/c20-16(11-13-5-4-10-18-12-13)19-17(15-8-9-15)14-6-2-1-3-7-14/h1-3,6-7,13,15,17-18H,4-5,8-12H2,(H,19,20). The van der Waals surface area contributed by atoms with E-state index in [9.17, 15) is 4.79 Å². The Morgan fingerprint density at radius 3 is 2.70 bits per heavy atom. The van der Waals surface area contributed by atoms with Crippen molar-refractivity contribution in [1.82, 2.24) is 10.6 Å². The quantitative estimate of drug-likeness (QED) is 0.865. The fraction of sp³-hybridized carbons (Fsp3) is 0.588. The minimum absolute atomic E-state index is 0.222. The molecule has 20 heavy (non-hydrogen) atoms. The van der Waals surface area contributed by atoms with Crippen molar-refractivity contribution in [2.45, 2.75) is 38.1 Å². The Bertz CT molecular complexity index is 436. The first kappa shape index (κ1) is 13.6. The largest absolute Gasteiger partial charge is 0.349 e. The van der Waals surface area contributed by atoms with E-state index in [4.69, 9.17) is 0 Å². The van der Waals surface area contributed by atoms with Crippen molar-refractivity contribution in [3.05, 3.63) is 35.9 Å². The van der Waals surface area contributed by atoms with Crippen molar-refractivity contribution in [3.8, 4) is 0 Å². The first-order valence-electron chi connectivity index (χ1n) is 7.88. The molecule has 1 saturated carbocycles. The molecule has 1 saturated heterocycles. The van der Waals surface area contributed by atoms with Crippen LogP contribution in [0.5, 0.6) is 0 Å². The molecule has 3 nitrogen and oxygen atoms in total. The number of carbonyl (C=O) groups is 1. The summed E-state index contributed by atoms with van der Waals surface area (Å²) in [4.78, 5) is 12.3. The minimum atomic E-state index is 0.222. The predicted molar refractivity (Wildman–Crippen MR) is 80.3 cm³/mol. The smallest absolute Gasteiger partial charge is 0.220 e. The molecule has 2 aliphatic rings. The molecule has 2 unspecified atom stereocenters. The summed E-state index contributed by atoms with van der Waals surface area (Å²) in [6.07, 6.45) is 5.53. The molecule has 0 aromatic heterocycles. The Balaban J connectivity index is 1.57. The maximum Gasteiger partial charge on any atom is 0.220 e. The normalized spacial score (nSPS) is 24.1. The number of rotatable bonds is 5. The highest BCUT2D eigenvalue weighted by Crippen LogP contribution is 2.41. The Kier molecular flexibility index (Phi) is 4.36. The SMILES string of the molecule is O=C(CC1CCCNC1)NC(c1ccccc1)C1CC1. The molecule has 3 heteroatoms. The minimum Gasteiger partial charge on any atom is -0.349 e. The predicted octanol–water partition coefficient (Wildman–Crippen LogP) is 2.64. The lowest BCUT2D eigenvalue weighted by molar-refractivity contribution is -0.123. The second-order valence-electron chi connectivity index (χ2n) is 6.21. The van der Waals surface area contributed by atoms with E-state index in [0.717, 1.165) is 13.1 Å². The van der Waals surface area contributed by atoms with Gasteiger partial charge in [0.25, 0.3) is 0 Å². The molecule has 1 heterocycles. The molecule has 1 amide bonds. The lowest BCUT2D eigenvalue weighted by Gasteiger charge is -2.24. The summed E-state index contributed by atoms with van der Waals surface area (Å²) >= 11 is 0. The van der Waals surface area contributed by atoms with Gasteiger partial charge in [-0.2, -0.15) is 0 Å². The van der Waals surface area contributed by atoms with E-state index in [0.29, 0.717) is 18.3 Å². The number of hydrogen-bond acceptors (Lipinski definition) is 2. The van der Waals surface area contributed by atoms with Gasteiger partial charge in [0.1, 0.15) is 0 Å². The lowest BCUT2D eigenvalue weighted by Crippen LogP contribution is -2.36. The van der Waals surface area contributed by atoms with Crippen LogP contribution < -0.4 is 10.6 Å². The van der Waals surface area contributed by atoms with E-state index < -0.39 is 0 Å². The van der Waals surface area contributed by atoms with Gasteiger partial charge < -0.3 is 10.6 Å². The zero-order chi connectivity index (χ0) is 13.8. The molecule has 108 valence electrons. The van der Waals surface area contributed by atoms with E-state index >= 15 is 0 Å². The van der Waals surface area contributed by atoms with Gasteiger partial charge in [0.15, 0.2) is 0 Å². The Morgan fingerprint density at radius 2 is 2.05 bits per heavy atom. The van der Waals surface area contributed by atoms with E-state index in [2.05, 4.69) is 34.9 Å². The molecule has 2 N–H and O–H groups in total. The van der Waals surface area contributed by atoms with Crippen LogP contribution in [-0.4, -0.2) is 19.0 Å². The van der Waals surface area contributed by atoms with Gasteiger partial charge in [-0.1, -0.05) is 30.3 Å². The zero-order valence-electron chi connectivity index (χ0n) is 12.0. The van der Waals surface area contributed by atoms with Gasteiger partial charge in [-0.3, -0.25) is 4.79 Å². The van der Waals surface area contributed by atoms with Crippen LogP contribution in [0, 0.1) is 11.8 Å². The third-order valence-electron chi connectivity index (χ3n) is 4.44.